The van der Waals surface area contributed by atoms with E-state index in [-0.39, 0.29) is 0 Å². The van der Waals surface area contributed by atoms with Crippen molar-refractivity contribution in [1.82, 2.24) is 10.2 Å². The Morgan fingerprint density at radius 2 is 2.06 bits per heavy atom. The van der Waals surface area contributed by atoms with Crippen LogP contribution in [0.4, 0.5) is 0 Å². The number of hydrogen-bond donors (Lipinski definition) is 1. The fourth-order valence-corrected chi connectivity index (χ4v) is 3.33. The number of hydrogen-bond acceptors (Lipinski definition) is 3. The largest absolute Gasteiger partial charge is 0.313 e. The zero-order chi connectivity index (χ0) is 12.1. The Hall–Kier alpha value is 0.270. The van der Waals surface area contributed by atoms with Crippen LogP contribution in [0.15, 0.2) is 0 Å². The Balaban J connectivity index is 2.37. The number of rotatable bonds is 5. The third kappa shape index (κ3) is 3.94. The van der Waals surface area contributed by atoms with Crippen LogP contribution in [0.1, 0.15) is 41.0 Å². The first-order chi connectivity index (χ1) is 7.56. The number of nitrogens with zero attached hydrogens (tertiary/aromatic N) is 1. The Morgan fingerprint density at radius 3 is 2.69 bits per heavy atom. The molecule has 1 rings (SSSR count). The van der Waals surface area contributed by atoms with Crippen molar-refractivity contribution in [2.45, 2.75) is 64.4 Å². The number of thioether (sulfide) groups is 1. The molecule has 0 bridgehead atoms. The quantitative estimate of drug-likeness (QED) is 0.800. The summed E-state index contributed by atoms with van der Waals surface area (Å²) in [5.74, 6) is 1.29. The predicted octanol–water partition coefficient (Wildman–Crippen LogP) is 2.59. The molecule has 0 saturated carbocycles. The molecule has 3 heteroatoms. The maximum Gasteiger partial charge on any atom is 0.0196 e. The van der Waals surface area contributed by atoms with Crippen LogP contribution in [-0.2, 0) is 0 Å². The minimum Gasteiger partial charge on any atom is -0.313 e. The van der Waals surface area contributed by atoms with Gasteiger partial charge < -0.3 is 5.32 Å². The molecule has 0 radical (unpaired) electrons. The molecular weight excluding hydrogens is 216 g/mol. The smallest absolute Gasteiger partial charge is 0.0196 e. The van der Waals surface area contributed by atoms with E-state index in [9.17, 15) is 0 Å². The van der Waals surface area contributed by atoms with E-state index in [4.69, 9.17) is 0 Å². The number of nitrogens with one attached hydrogen (secondary N) is 1. The van der Waals surface area contributed by atoms with Crippen molar-refractivity contribution in [3.8, 4) is 0 Å². The van der Waals surface area contributed by atoms with Crippen molar-refractivity contribution in [2.75, 3.05) is 18.8 Å². The summed E-state index contributed by atoms with van der Waals surface area (Å²) in [5.41, 5.74) is 0. The van der Waals surface area contributed by atoms with Gasteiger partial charge in [0, 0.05) is 42.2 Å². The van der Waals surface area contributed by atoms with E-state index >= 15 is 0 Å². The van der Waals surface area contributed by atoms with Gasteiger partial charge in [-0.1, -0.05) is 13.8 Å². The second kappa shape index (κ2) is 6.87. The van der Waals surface area contributed by atoms with Crippen molar-refractivity contribution in [1.29, 1.82) is 0 Å². The summed E-state index contributed by atoms with van der Waals surface area (Å²) in [6.07, 6.45) is 1.22. The van der Waals surface area contributed by atoms with Crippen molar-refractivity contribution < 1.29 is 0 Å². The van der Waals surface area contributed by atoms with Crippen LogP contribution in [-0.4, -0.2) is 47.1 Å². The second-order valence-electron chi connectivity index (χ2n) is 5.12. The van der Waals surface area contributed by atoms with Gasteiger partial charge in [-0.15, -0.1) is 0 Å². The van der Waals surface area contributed by atoms with Crippen molar-refractivity contribution >= 4 is 11.8 Å². The molecule has 1 heterocycles. The van der Waals surface area contributed by atoms with Crippen LogP contribution in [0, 0.1) is 0 Å². The normalized spacial score (nSPS) is 31.3. The third-order valence-corrected chi connectivity index (χ3v) is 5.21. The third-order valence-electron chi connectivity index (χ3n) is 3.87. The van der Waals surface area contributed by atoms with Gasteiger partial charge in [-0.05, 0) is 27.2 Å². The molecule has 1 fully saturated rings. The summed E-state index contributed by atoms with van der Waals surface area (Å²) < 4.78 is 0. The maximum atomic E-state index is 3.62. The fourth-order valence-electron chi connectivity index (χ4n) is 2.21. The summed E-state index contributed by atoms with van der Waals surface area (Å²) in [6, 6.07) is 2.02. The van der Waals surface area contributed by atoms with Gasteiger partial charge in [-0.2, -0.15) is 11.8 Å². The van der Waals surface area contributed by atoms with Crippen LogP contribution in [0.3, 0.4) is 0 Å². The molecule has 1 aliphatic heterocycles. The lowest BCUT2D eigenvalue weighted by atomic mass is 10.1. The highest BCUT2D eigenvalue weighted by Gasteiger charge is 2.28. The van der Waals surface area contributed by atoms with Crippen molar-refractivity contribution in [3.05, 3.63) is 0 Å². The van der Waals surface area contributed by atoms with E-state index in [1.165, 1.54) is 18.7 Å². The summed E-state index contributed by atoms with van der Waals surface area (Å²) in [4.78, 5) is 2.66. The molecular formula is C13H28N2S. The lowest BCUT2D eigenvalue weighted by molar-refractivity contribution is 0.152. The zero-order valence-corrected chi connectivity index (χ0v) is 12.3. The molecule has 0 aromatic carbocycles. The first-order valence-corrected chi connectivity index (χ1v) is 7.71. The molecule has 1 aliphatic rings. The first-order valence-electron chi connectivity index (χ1n) is 6.67. The Morgan fingerprint density at radius 1 is 1.38 bits per heavy atom. The molecule has 0 amide bonds. The summed E-state index contributed by atoms with van der Waals surface area (Å²) >= 11 is 2.11. The molecule has 4 atom stereocenters. The molecule has 16 heavy (non-hydrogen) atoms. The van der Waals surface area contributed by atoms with Gasteiger partial charge >= 0.3 is 0 Å². The lowest BCUT2D eigenvalue weighted by Gasteiger charge is -2.41. The van der Waals surface area contributed by atoms with Gasteiger partial charge in [0.05, 0.1) is 0 Å². The van der Waals surface area contributed by atoms with E-state index < -0.39 is 0 Å². The molecule has 4 unspecified atom stereocenters. The average molecular weight is 244 g/mol. The minimum atomic E-state index is 0.648. The molecule has 0 aromatic heterocycles. The topological polar surface area (TPSA) is 15.3 Å². The fraction of sp³-hybridized carbons (Fsp3) is 1.00. The highest BCUT2D eigenvalue weighted by atomic mass is 32.2. The van der Waals surface area contributed by atoms with E-state index in [2.05, 4.69) is 56.6 Å². The molecule has 0 aliphatic carbocycles. The Bertz CT molecular complexity index is 198. The average Bonchev–Trinajstić information content (AvgIpc) is 2.29. The summed E-state index contributed by atoms with van der Waals surface area (Å²) in [6.45, 7) is 14.0. The van der Waals surface area contributed by atoms with E-state index in [1.807, 2.05) is 0 Å². The summed E-state index contributed by atoms with van der Waals surface area (Å²) in [5, 5.41) is 4.39. The second-order valence-corrected chi connectivity index (χ2v) is 6.61. The van der Waals surface area contributed by atoms with Gasteiger partial charge in [0.25, 0.3) is 0 Å². The SMILES string of the molecule is CCC(C)NCC(C)N1CCSC(C)C1C. The van der Waals surface area contributed by atoms with Crippen LogP contribution in [0.25, 0.3) is 0 Å². The van der Waals surface area contributed by atoms with Crippen LogP contribution in [0.5, 0.6) is 0 Å². The molecule has 2 nitrogen and oxygen atoms in total. The van der Waals surface area contributed by atoms with Crippen LogP contribution >= 0.6 is 11.8 Å². The van der Waals surface area contributed by atoms with Gasteiger partial charge in [-0.3, -0.25) is 4.90 Å². The highest BCUT2D eigenvalue weighted by Crippen LogP contribution is 2.25. The minimum absolute atomic E-state index is 0.648. The van der Waals surface area contributed by atoms with E-state index in [0.717, 1.165) is 11.8 Å². The van der Waals surface area contributed by atoms with E-state index in [0.29, 0.717) is 18.1 Å². The zero-order valence-electron chi connectivity index (χ0n) is 11.5. The van der Waals surface area contributed by atoms with Gasteiger partial charge in [0.1, 0.15) is 0 Å². The predicted molar refractivity (Wildman–Crippen MR) is 75.3 cm³/mol. The molecule has 96 valence electrons. The molecule has 1 N–H and O–H groups in total. The van der Waals surface area contributed by atoms with Crippen molar-refractivity contribution in [2.24, 2.45) is 0 Å². The van der Waals surface area contributed by atoms with Gasteiger partial charge in [-0.25, -0.2) is 0 Å². The Labute approximate surface area is 106 Å². The maximum absolute atomic E-state index is 3.62. The first kappa shape index (κ1) is 14.3. The van der Waals surface area contributed by atoms with Crippen molar-refractivity contribution in [3.63, 3.8) is 0 Å². The molecule has 0 aromatic rings. The molecule has 0 spiro atoms. The van der Waals surface area contributed by atoms with Gasteiger partial charge in [0.15, 0.2) is 0 Å². The standard InChI is InChI=1S/C13H28N2S/c1-6-10(2)14-9-11(3)15-7-8-16-13(5)12(15)4/h10-14H,6-9H2,1-5H3. The highest BCUT2D eigenvalue weighted by molar-refractivity contribution is 8.00. The Kier molecular flexibility index (Phi) is 6.16. The summed E-state index contributed by atoms with van der Waals surface area (Å²) in [7, 11) is 0. The van der Waals surface area contributed by atoms with E-state index in [1.54, 1.807) is 0 Å². The van der Waals surface area contributed by atoms with Crippen LogP contribution in [0.2, 0.25) is 0 Å². The lowest BCUT2D eigenvalue weighted by Crippen LogP contribution is -2.52. The monoisotopic (exact) mass is 244 g/mol. The molecule has 1 saturated heterocycles. The van der Waals surface area contributed by atoms with Crippen LogP contribution < -0.4 is 5.32 Å². The van der Waals surface area contributed by atoms with Gasteiger partial charge in [0.2, 0.25) is 0 Å².